The van der Waals surface area contributed by atoms with Crippen LogP contribution in [0.1, 0.15) is 51.9 Å². The van der Waals surface area contributed by atoms with E-state index in [-0.39, 0.29) is 17.4 Å². The average Bonchev–Trinajstić information content (AvgIpc) is 2.62. The van der Waals surface area contributed by atoms with Crippen LogP contribution in [0.5, 0.6) is 0 Å². The molecule has 1 rings (SSSR count). The van der Waals surface area contributed by atoms with E-state index < -0.39 is 9.84 Å². The molecule has 2 N–H and O–H groups in total. The van der Waals surface area contributed by atoms with Gasteiger partial charge in [0.25, 0.3) is 0 Å². The molecule has 1 aliphatic carbocycles. The van der Waals surface area contributed by atoms with E-state index in [0.717, 1.165) is 0 Å². The summed E-state index contributed by atoms with van der Waals surface area (Å²) in [5.74, 6) is -0.688. The van der Waals surface area contributed by atoms with Crippen molar-refractivity contribution in [2.75, 3.05) is 24.6 Å². The summed E-state index contributed by atoms with van der Waals surface area (Å²) < 4.78 is 23.0. The number of amides is 1. The topological polar surface area (TPSA) is 75.3 Å². The predicted octanol–water partition coefficient (Wildman–Crippen LogP) is 1.24. The third-order valence-electron chi connectivity index (χ3n) is 3.60. The third kappa shape index (κ3) is 7.85. The van der Waals surface area contributed by atoms with Gasteiger partial charge in [0.05, 0.1) is 5.75 Å². The van der Waals surface area contributed by atoms with Crippen molar-refractivity contribution in [3.8, 4) is 0 Å². The van der Waals surface area contributed by atoms with Crippen molar-refractivity contribution in [2.45, 2.75) is 57.9 Å². The Kier molecular flexibility index (Phi) is 8.14. The fraction of sp³-hybridized carbons (Fsp3) is 0.929. The highest BCUT2D eigenvalue weighted by Gasteiger charge is 2.15. The molecule has 118 valence electrons. The van der Waals surface area contributed by atoms with Crippen molar-refractivity contribution in [1.82, 2.24) is 10.6 Å². The molecule has 1 fully saturated rings. The van der Waals surface area contributed by atoms with Crippen LogP contribution in [0.2, 0.25) is 0 Å². The molecule has 0 radical (unpaired) electrons. The second-order valence-electron chi connectivity index (χ2n) is 5.58. The molecule has 0 atom stereocenters. The van der Waals surface area contributed by atoms with Gasteiger partial charge in [0.2, 0.25) is 5.91 Å². The number of hydrogen-bond acceptors (Lipinski definition) is 4. The summed E-state index contributed by atoms with van der Waals surface area (Å²) in [4.78, 5) is 11.5. The molecule has 0 spiro atoms. The van der Waals surface area contributed by atoms with Crippen LogP contribution in [0.15, 0.2) is 0 Å². The molecule has 1 aliphatic rings. The zero-order chi connectivity index (χ0) is 14.8. The highest BCUT2D eigenvalue weighted by molar-refractivity contribution is 7.92. The highest BCUT2D eigenvalue weighted by atomic mass is 32.2. The van der Waals surface area contributed by atoms with E-state index in [9.17, 15) is 13.2 Å². The van der Waals surface area contributed by atoms with Gasteiger partial charge >= 0.3 is 0 Å². The zero-order valence-corrected chi connectivity index (χ0v) is 13.3. The Morgan fingerprint density at radius 1 is 1.10 bits per heavy atom. The molecule has 0 aliphatic heterocycles. The molecule has 0 heterocycles. The molecule has 0 bridgehead atoms. The van der Waals surface area contributed by atoms with E-state index in [0.29, 0.717) is 25.6 Å². The van der Waals surface area contributed by atoms with Crippen LogP contribution in [0.3, 0.4) is 0 Å². The number of hydrogen-bond donors (Lipinski definition) is 2. The van der Waals surface area contributed by atoms with E-state index in [1.807, 2.05) is 0 Å². The summed E-state index contributed by atoms with van der Waals surface area (Å²) in [5.41, 5.74) is 0. The first kappa shape index (κ1) is 17.4. The number of sulfone groups is 1. The summed E-state index contributed by atoms with van der Waals surface area (Å²) >= 11 is 0. The lowest BCUT2D eigenvalue weighted by Gasteiger charge is -2.16. The van der Waals surface area contributed by atoms with Crippen LogP contribution in [-0.4, -0.2) is 45.0 Å². The Balaban J connectivity index is 2.12. The first-order valence-corrected chi connectivity index (χ1v) is 9.56. The Morgan fingerprint density at radius 2 is 1.75 bits per heavy atom. The summed E-state index contributed by atoms with van der Waals surface area (Å²) in [5, 5.41) is 6.11. The Morgan fingerprint density at radius 3 is 2.35 bits per heavy atom. The largest absolute Gasteiger partial charge is 0.354 e. The van der Waals surface area contributed by atoms with Gasteiger partial charge in [0.1, 0.15) is 5.75 Å². The van der Waals surface area contributed by atoms with Gasteiger partial charge in [-0.05, 0) is 19.3 Å². The van der Waals surface area contributed by atoms with E-state index in [4.69, 9.17) is 0 Å². The van der Waals surface area contributed by atoms with E-state index in [1.54, 1.807) is 6.92 Å². The van der Waals surface area contributed by atoms with Gasteiger partial charge in [-0.2, -0.15) is 0 Å². The maximum atomic E-state index is 11.5. The minimum atomic E-state index is -3.23. The fourth-order valence-electron chi connectivity index (χ4n) is 2.60. The Bertz CT molecular complexity index is 374. The molecule has 0 aromatic rings. The number of carbonyl (C=O) groups excluding carboxylic acids is 1. The molecule has 0 unspecified atom stereocenters. The van der Waals surface area contributed by atoms with Gasteiger partial charge in [0.15, 0.2) is 9.84 Å². The van der Waals surface area contributed by atoms with Gasteiger partial charge in [-0.25, -0.2) is 8.42 Å². The summed E-state index contributed by atoms with van der Waals surface area (Å²) in [6, 6.07) is 0.554. The minimum Gasteiger partial charge on any atom is -0.354 e. The van der Waals surface area contributed by atoms with Crippen molar-refractivity contribution in [3.63, 3.8) is 0 Å². The predicted molar refractivity (Wildman–Crippen MR) is 81.4 cm³/mol. The number of nitrogens with one attached hydrogen (secondary N) is 2. The molecule has 0 saturated heterocycles. The van der Waals surface area contributed by atoms with Gasteiger partial charge in [-0.15, -0.1) is 0 Å². The molecule has 6 heteroatoms. The molecule has 0 aromatic heterocycles. The molecule has 20 heavy (non-hydrogen) atoms. The van der Waals surface area contributed by atoms with Crippen LogP contribution >= 0.6 is 0 Å². The average molecular weight is 304 g/mol. The Hall–Kier alpha value is -0.620. The van der Waals surface area contributed by atoms with Gasteiger partial charge in [-0.1, -0.05) is 32.6 Å². The van der Waals surface area contributed by atoms with Crippen LogP contribution in [0.25, 0.3) is 0 Å². The maximum Gasteiger partial charge on any atom is 0.235 e. The minimum absolute atomic E-state index is 0.0841. The molecular formula is C14H28N2O3S. The third-order valence-corrected chi connectivity index (χ3v) is 5.33. The lowest BCUT2D eigenvalue weighted by Crippen LogP contribution is -2.39. The standard InChI is InChI=1S/C14H28N2O3S/c1-2-11-20(18,19)12-14(17)16-10-9-15-13-7-5-3-4-6-8-13/h13,15H,2-12H2,1H3,(H,16,17). The van der Waals surface area contributed by atoms with E-state index >= 15 is 0 Å². The molecular weight excluding hydrogens is 276 g/mol. The summed E-state index contributed by atoms with van der Waals surface area (Å²) in [7, 11) is -3.23. The highest BCUT2D eigenvalue weighted by Crippen LogP contribution is 2.16. The Labute approximate surface area is 122 Å². The summed E-state index contributed by atoms with van der Waals surface area (Å²) in [6.07, 6.45) is 8.17. The first-order valence-electron chi connectivity index (χ1n) is 7.74. The van der Waals surface area contributed by atoms with Crippen molar-refractivity contribution in [1.29, 1.82) is 0 Å². The first-order chi connectivity index (χ1) is 9.53. The van der Waals surface area contributed by atoms with Crippen molar-refractivity contribution < 1.29 is 13.2 Å². The van der Waals surface area contributed by atoms with Crippen molar-refractivity contribution in [3.05, 3.63) is 0 Å². The van der Waals surface area contributed by atoms with Gasteiger partial charge in [-0.3, -0.25) is 4.79 Å². The van der Waals surface area contributed by atoms with Crippen LogP contribution in [-0.2, 0) is 14.6 Å². The quantitative estimate of drug-likeness (QED) is 0.522. The molecule has 1 saturated carbocycles. The maximum absolute atomic E-state index is 11.5. The smallest absolute Gasteiger partial charge is 0.235 e. The molecule has 5 nitrogen and oxygen atoms in total. The van der Waals surface area contributed by atoms with Crippen LogP contribution in [0.4, 0.5) is 0 Å². The van der Waals surface area contributed by atoms with Crippen LogP contribution < -0.4 is 10.6 Å². The normalized spacial score (nSPS) is 17.6. The molecule has 0 aromatic carbocycles. The van der Waals surface area contributed by atoms with E-state index in [2.05, 4.69) is 10.6 Å². The monoisotopic (exact) mass is 304 g/mol. The number of carbonyl (C=O) groups is 1. The van der Waals surface area contributed by atoms with Crippen molar-refractivity contribution in [2.24, 2.45) is 0 Å². The molecule has 1 amide bonds. The second-order valence-corrected chi connectivity index (χ2v) is 7.77. The second kappa shape index (κ2) is 9.34. The zero-order valence-electron chi connectivity index (χ0n) is 12.5. The fourth-order valence-corrected chi connectivity index (χ4v) is 3.86. The van der Waals surface area contributed by atoms with Gasteiger partial charge in [0, 0.05) is 19.1 Å². The lowest BCUT2D eigenvalue weighted by molar-refractivity contribution is -0.118. The van der Waals surface area contributed by atoms with Crippen LogP contribution in [0, 0.1) is 0 Å². The van der Waals surface area contributed by atoms with Gasteiger partial charge < -0.3 is 10.6 Å². The number of rotatable bonds is 8. The SMILES string of the molecule is CCCS(=O)(=O)CC(=O)NCCNC1CCCCCC1. The summed E-state index contributed by atoms with van der Waals surface area (Å²) in [6.45, 7) is 3.01. The van der Waals surface area contributed by atoms with E-state index in [1.165, 1.54) is 38.5 Å². The lowest BCUT2D eigenvalue weighted by atomic mass is 10.1. The van der Waals surface area contributed by atoms with Crippen molar-refractivity contribution >= 4 is 15.7 Å².